The summed E-state index contributed by atoms with van der Waals surface area (Å²) in [6.07, 6.45) is 4.82. The second kappa shape index (κ2) is 11.6. The highest BCUT2D eigenvalue weighted by Gasteiger charge is 2.19. The lowest BCUT2D eigenvalue weighted by Gasteiger charge is -2.27. The molecule has 2 N–H and O–H groups in total. The number of nitro benzene ring substituents is 1. The minimum absolute atomic E-state index is 0. The molecule has 0 saturated heterocycles. The number of nitrogens with zero attached hydrogens (tertiary/aromatic N) is 3. The molecule has 0 amide bonds. The van der Waals surface area contributed by atoms with Crippen LogP contribution in [0.2, 0.25) is 0 Å². The Bertz CT molecular complexity index is 1060. The zero-order valence-corrected chi connectivity index (χ0v) is 19.9. The Balaban J connectivity index is 0.00000289. The molecule has 1 atom stereocenters. The van der Waals surface area contributed by atoms with Gasteiger partial charge in [-0.25, -0.2) is 4.99 Å². The Hall–Kier alpha value is -3.01. The lowest BCUT2D eigenvalue weighted by molar-refractivity contribution is -0.384. The van der Waals surface area contributed by atoms with Gasteiger partial charge in [-0.2, -0.15) is 0 Å². The number of hydrogen-bond acceptors (Lipinski definition) is 4. The Kier molecular flexibility index (Phi) is 8.55. The van der Waals surface area contributed by atoms with Gasteiger partial charge in [0, 0.05) is 24.4 Å². The van der Waals surface area contributed by atoms with E-state index in [9.17, 15) is 10.1 Å². The molecule has 0 saturated carbocycles. The number of aryl methyl sites for hydroxylation is 1. The molecule has 32 heavy (non-hydrogen) atoms. The van der Waals surface area contributed by atoms with Crippen LogP contribution in [0.25, 0.3) is 0 Å². The van der Waals surface area contributed by atoms with Crippen LogP contribution in [0.3, 0.4) is 0 Å². The van der Waals surface area contributed by atoms with Crippen LogP contribution >= 0.6 is 24.0 Å². The first-order chi connectivity index (χ1) is 15.2. The number of rotatable bonds is 6. The maximum atomic E-state index is 10.9. The molecule has 0 aliphatic heterocycles. The molecule has 2 aromatic carbocycles. The zero-order chi connectivity index (χ0) is 21.5. The fourth-order valence-corrected chi connectivity index (χ4v) is 3.74. The van der Waals surface area contributed by atoms with Crippen molar-refractivity contribution in [2.75, 3.05) is 0 Å². The molecular weight excluding hydrogens is 517 g/mol. The van der Waals surface area contributed by atoms with Crippen LogP contribution in [0.1, 0.15) is 28.8 Å². The highest BCUT2D eigenvalue weighted by molar-refractivity contribution is 14.0. The van der Waals surface area contributed by atoms with Crippen molar-refractivity contribution in [2.24, 2.45) is 4.99 Å². The van der Waals surface area contributed by atoms with E-state index in [4.69, 9.17) is 4.99 Å². The summed E-state index contributed by atoms with van der Waals surface area (Å²) in [5.74, 6) is 0.716. The Morgan fingerprint density at radius 3 is 2.53 bits per heavy atom. The van der Waals surface area contributed by atoms with Gasteiger partial charge < -0.3 is 10.6 Å². The van der Waals surface area contributed by atoms with E-state index in [-0.39, 0.29) is 29.7 Å². The first kappa shape index (κ1) is 23.6. The smallest absolute Gasteiger partial charge is 0.269 e. The molecule has 1 unspecified atom stereocenters. The molecule has 1 aliphatic rings. The molecule has 4 rings (SSSR count). The molecule has 0 bridgehead atoms. The molecule has 1 aliphatic carbocycles. The Morgan fingerprint density at radius 1 is 1.06 bits per heavy atom. The number of aliphatic imine (C=N–C) groups is 1. The van der Waals surface area contributed by atoms with Crippen LogP contribution in [0.5, 0.6) is 0 Å². The average Bonchev–Trinajstić information content (AvgIpc) is 2.81. The van der Waals surface area contributed by atoms with Crippen molar-refractivity contribution in [3.05, 3.63) is 105 Å². The molecule has 0 radical (unpaired) electrons. The number of nitro groups is 1. The molecule has 8 heteroatoms. The van der Waals surface area contributed by atoms with Crippen LogP contribution in [-0.4, -0.2) is 21.9 Å². The van der Waals surface area contributed by atoms with E-state index in [2.05, 4.69) is 39.9 Å². The highest BCUT2D eigenvalue weighted by Crippen LogP contribution is 2.21. The fraction of sp³-hybridized carbons (Fsp3) is 0.250. The van der Waals surface area contributed by atoms with E-state index in [1.807, 2.05) is 18.2 Å². The van der Waals surface area contributed by atoms with Crippen molar-refractivity contribution in [1.82, 2.24) is 15.6 Å². The van der Waals surface area contributed by atoms with Crippen molar-refractivity contribution >= 4 is 35.6 Å². The topological polar surface area (TPSA) is 92.5 Å². The molecule has 0 spiro atoms. The van der Waals surface area contributed by atoms with Crippen molar-refractivity contribution in [2.45, 2.75) is 38.4 Å². The Labute approximate surface area is 204 Å². The van der Waals surface area contributed by atoms with Crippen LogP contribution in [-0.2, 0) is 25.9 Å². The van der Waals surface area contributed by atoms with Crippen LogP contribution < -0.4 is 10.6 Å². The summed E-state index contributed by atoms with van der Waals surface area (Å²) in [6, 6.07) is 21.2. The monoisotopic (exact) mass is 543 g/mol. The van der Waals surface area contributed by atoms with Gasteiger partial charge >= 0.3 is 0 Å². The third kappa shape index (κ3) is 6.49. The van der Waals surface area contributed by atoms with E-state index < -0.39 is 4.92 Å². The number of halogens is 1. The average molecular weight is 543 g/mol. The Morgan fingerprint density at radius 2 is 1.81 bits per heavy atom. The normalized spacial score (nSPS) is 15.2. The SMILES string of the molecule is I.O=[N+]([O-])c1ccc(CN=C(NCc2ccccn2)NC2CCc3ccccc3C2)cc1. The van der Waals surface area contributed by atoms with Gasteiger partial charge in [0.1, 0.15) is 0 Å². The van der Waals surface area contributed by atoms with E-state index in [0.29, 0.717) is 25.1 Å². The zero-order valence-electron chi connectivity index (χ0n) is 17.6. The van der Waals surface area contributed by atoms with Crippen LogP contribution in [0, 0.1) is 10.1 Å². The van der Waals surface area contributed by atoms with E-state index in [0.717, 1.165) is 30.5 Å². The van der Waals surface area contributed by atoms with Gasteiger partial charge in [-0.1, -0.05) is 42.5 Å². The summed E-state index contributed by atoms with van der Waals surface area (Å²) >= 11 is 0. The highest BCUT2D eigenvalue weighted by atomic mass is 127. The second-order valence-electron chi connectivity index (χ2n) is 7.62. The summed E-state index contributed by atoms with van der Waals surface area (Å²) < 4.78 is 0. The van der Waals surface area contributed by atoms with Crippen molar-refractivity contribution in [1.29, 1.82) is 0 Å². The van der Waals surface area contributed by atoms with Crippen LogP contribution in [0.15, 0.2) is 77.9 Å². The minimum Gasteiger partial charge on any atom is -0.353 e. The number of non-ortho nitro benzene ring substituents is 1. The largest absolute Gasteiger partial charge is 0.353 e. The van der Waals surface area contributed by atoms with E-state index in [1.54, 1.807) is 18.3 Å². The number of aromatic nitrogens is 1. The molecule has 1 heterocycles. The summed E-state index contributed by atoms with van der Waals surface area (Å²) in [7, 11) is 0. The number of hydrogen-bond donors (Lipinski definition) is 2. The molecule has 1 aromatic heterocycles. The first-order valence-corrected chi connectivity index (χ1v) is 10.4. The molecule has 3 aromatic rings. The lowest BCUT2D eigenvalue weighted by atomic mass is 9.88. The van der Waals surface area contributed by atoms with Crippen LogP contribution in [0.4, 0.5) is 5.69 Å². The van der Waals surface area contributed by atoms with Gasteiger partial charge in [0.25, 0.3) is 5.69 Å². The second-order valence-corrected chi connectivity index (χ2v) is 7.62. The van der Waals surface area contributed by atoms with Crippen molar-refractivity contribution in [3.63, 3.8) is 0 Å². The predicted octanol–water partition coefficient (Wildman–Crippen LogP) is 4.40. The van der Waals surface area contributed by atoms with Crippen molar-refractivity contribution in [3.8, 4) is 0 Å². The summed E-state index contributed by atoms with van der Waals surface area (Å²) in [5.41, 5.74) is 4.73. The van der Waals surface area contributed by atoms with E-state index in [1.165, 1.54) is 23.3 Å². The first-order valence-electron chi connectivity index (χ1n) is 10.4. The molecule has 7 nitrogen and oxygen atoms in total. The standard InChI is InChI=1S/C24H25N5O2.HI/c30-29(31)23-12-8-18(9-13-23)16-26-24(27-17-22-7-3-4-14-25-22)28-21-11-10-19-5-1-2-6-20(19)15-21;/h1-9,12-14,21H,10-11,15-17H2,(H2,26,27,28);1H. The lowest BCUT2D eigenvalue weighted by Crippen LogP contribution is -2.45. The quantitative estimate of drug-likeness (QED) is 0.158. The maximum Gasteiger partial charge on any atom is 0.269 e. The third-order valence-electron chi connectivity index (χ3n) is 5.42. The van der Waals surface area contributed by atoms with E-state index >= 15 is 0 Å². The molecular formula is C24H26IN5O2. The van der Waals surface area contributed by atoms with Gasteiger partial charge in [0.15, 0.2) is 5.96 Å². The number of fused-ring (bicyclic) bond motifs is 1. The number of guanidine groups is 1. The number of pyridine rings is 1. The predicted molar refractivity (Wildman–Crippen MR) is 136 cm³/mol. The fourth-order valence-electron chi connectivity index (χ4n) is 3.74. The minimum atomic E-state index is -0.393. The summed E-state index contributed by atoms with van der Waals surface area (Å²) in [4.78, 5) is 19.6. The van der Waals surface area contributed by atoms with Gasteiger partial charge in [-0.05, 0) is 48.1 Å². The van der Waals surface area contributed by atoms with Gasteiger partial charge in [0.05, 0.1) is 23.7 Å². The maximum absolute atomic E-state index is 10.9. The third-order valence-corrected chi connectivity index (χ3v) is 5.42. The summed E-state index contributed by atoms with van der Waals surface area (Å²) in [5, 5.41) is 17.8. The van der Waals surface area contributed by atoms with Gasteiger partial charge in [-0.3, -0.25) is 15.1 Å². The molecule has 166 valence electrons. The van der Waals surface area contributed by atoms with Crippen molar-refractivity contribution < 1.29 is 4.92 Å². The molecule has 0 fully saturated rings. The summed E-state index contributed by atoms with van der Waals surface area (Å²) in [6.45, 7) is 0.995. The number of benzene rings is 2. The number of nitrogens with one attached hydrogen (secondary N) is 2. The van der Waals surface area contributed by atoms with Gasteiger partial charge in [-0.15, -0.1) is 24.0 Å². The van der Waals surface area contributed by atoms with Gasteiger partial charge in [0.2, 0.25) is 0 Å².